The second-order valence-electron chi connectivity index (χ2n) is 10.9. The predicted molar refractivity (Wildman–Crippen MR) is 141 cm³/mol. The van der Waals surface area contributed by atoms with E-state index in [0.29, 0.717) is 12.0 Å². The van der Waals surface area contributed by atoms with Crippen LogP contribution in [-0.2, 0) is 4.79 Å². The summed E-state index contributed by atoms with van der Waals surface area (Å²) >= 11 is 0. The van der Waals surface area contributed by atoms with Gasteiger partial charge < -0.3 is 14.8 Å². The van der Waals surface area contributed by atoms with Gasteiger partial charge in [-0.1, -0.05) is 17.3 Å². The van der Waals surface area contributed by atoms with Crippen LogP contribution >= 0.6 is 0 Å². The van der Waals surface area contributed by atoms with Crippen LogP contribution in [0.15, 0.2) is 40.9 Å². The summed E-state index contributed by atoms with van der Waals surface area (Å²) in [6.07, 6.45) is 5.64. The minimum absolute atomic E-state index is 0.0490. The molecule has 0 aliphatic heterocycles. The average Bonchev–Trinajstić information content (AvgIpc) is 3.45. The van der Waals surface area contributed by atoms with Crippen LogP contribution in [0.5, 0.6) is 0 Å². The van der Waals surface area contributed by atoms with Gasteiger partial charge in [-0.05, 0) is 87.8 Å². The fourth-order valence-corrected chi connectivity index (χ4v) is 6.62. The molecule has 0 saturated heterocycles. The van der Waals surface area contributed by atoms with Crippen molar-refractivity contribution >= 4 is 16.8 Å². The van der Waals surface area contributed by atoms with Gasteiger partial charge in [-0.3, -0.25) is 4.79 Å². The number of Topliss-reactive ketones (excluding diaryl/α,β-unsaturated/α-hetero) is 1. The highest BCUT2D eigenvalue weighted by Crippen LogP contribution is 2.45. The van der Waals surface area contributed by atoms with Gasteiger partial charge >= 0.3 is 0 Å². The summed E-state index contributed by atoms with van der Waals surface area (Å²) in [7, 11) is 0. The van der Waals surface area contributed by atoms with Crippen molar-refractivity contribution < 1.29 is 18.1 Å². The van der Waals surface area contributed by atoms with Gasteiger partial charge in [-0.2, -0.15) is 0 Å². The van der Waals surface area contributed by atoms with Crippen LogP contribution in [0.3, 0.4) is 0 Å². The maximum absolute atomic E-state index is 14.3. The van der Waals surface area contributed by atoms with Gasteiger partial charge in [0.25, 0.3) is 0 Å². The number of nitrogens with two attached hydrogens (primary N) is 1. The maximum atomic E-state index is 14.3. The Bertz CT molecular complexity index is 1500. The Hall–Kier alpha value is -3.39. The first-order valence-electron chi connectivity index (χ1n) is 13.5. The first kappa shape index (κ1) is 24.9. The van der Waals surface area contributed by atoms with E-state index < -0.39 is 17.6 Å². The van der Waals surface area contributed by atoms with E-state index in [9.17, 15) is 13.6 Å². The number of hydrogen-bond donors (Lipinski definition) is 1. The van der Waals surface area contributed by atoms with E-state index in [2.05, 4.69) is 27.9 Å². The summed E-state index contributed by atoms with van der Waals surface area (Å²) in [5.41, 5.74) is 11.4. The number of imidazole rings is 1. The number of fused-ring (bicyclic) bond motifs is 1. The Morgan fingerprint density at radius 2 is 1.79 bits per heavy atom. The molecule has 2 unspecified atom stereocenters. The maximum Gasteiger partial charge on any atom is 0.159 e. The summed E-state index contributed by atoms with van der Waals surface area (Å²) in [5.74, 6) is -0.996. The minimum Gasteiger partial charge on any atom is -0.361 e. The molecule has 0 bridgehead atoms. The van der Waals surface area contributed by atoms with E-state index in [1.54, 1.807) is 6.07 Å². The normalized spacial score (nSPS) is 24.3. The van der Waals surface area contributed by atoms with Crippen molar-refractivity contribution in [3.63, 3.8) is 0 Å². The van der Waals surface area contributed by atoms with Gasteiger partial charge in [0.2, 0.25) is 0 Å². The number of halogens is 2. The van der Waals surface area contributed by atoms with E-state index in [4.69, 9.17) is 15.2 Å². The molecule has 2 N–H and O–H groups in total. The number of hydrogen-bond acceptors (Lipinski definition) is 5. The highest BCUT2D eigenvalue weighted by molar-refractivity contribution is 5.88. The third-order valence-corrected chi connectivity index (χ3v) is 8.47. The number of benzene rings is 2. The summed E-state index contributed by atoms with van der Waals surface area (Å²) in [4.78, 5) is 18.5. The average molecular weight is 519 g/mol. The molecule has 0 radical (unpaired) electrons. The van der Waals surface area contributed by atoms with Crippen LogP contribution in [0.2, 0.25) is 0 Å². The van der Waals surface area contributed by atoms with E-state index in [1.165, 1.54) is 6.07 Å². The summed E-state index contributed by atoms with van der Waals surface area (Å²) in [6, 6.07) is 10.5. The van der Waals surface area contributed by atoms with Crippen LogP contribution in [0, 0.1) is 25.5 Å². The first-order chi connectivity index (χ1) is 18.3. The number of carbonyl (C=O) groups is 1. The molecule has 2 atom stereocenters. The highest BCUT2D eigenvalue weighted by Gasteiger charge is 2.39. The van der Waals surface area contributed by atoms with Gasteiger partial charge in [0, 0.05) is 30.0 Å². The zero-order valence-electron chi connectivity index (χ0n) is 21.7. The lowest BCUT2D eigenvalue weighted by atomic mass is 9.74. The molecule has 2 fully saturated rings. The number of carbonyl (C=O) groups excluding carboxylic acids is 1. The van der Waals surface area contributed by atoms with Crippen molar-refractivity contribution in [2.24, 2.45) is 5.73 Å². The molecule has 6 nitrogen and oxygen atoms in total. The topological polar surface area (TPSA) is 86.9 Å². The molecule has 2 aliphatic rings. The zero-order valence-corrected chi connectivity index (χ0v) is 21.7. The van der Waals surface area contributed by atoms with E-state index >= 15 is 0 Å². The van der Waals surface area contributed by atoms with Crippen LogP contribution < -0.4 is 5.73 Å². The van der Waals surface area contributed by atoms with Crippen molar-refractivity contribution in [2.75, 3.05) is 0 Å². The molecule has 6 rings (SSSR count). The van der Waals surface area contributed by atoms with Crippen molar-refractivity contribution in [3.05, 3.63) is 70.9 Å². The minimum atomic E-state index is -0.932. The predicted octanol–water partition coefficient (Wildman–Crippen LogP) is 6.65. The fraction of sp³-hybridized carbons (Fsp3) is 0.433. The third kappa shape index (κ3) is 4.25. The first-order valence-corrected chi connectivity index (χ1v) is 13.5. The van der Waals surface area contributed by atoms with Gasteiger partial charge in [0.15, 0.2) is 11.6 Å². The molecule has 0 amide bonds. The Morgan fingerprint density at radius 1 is 1.00 bits per heavy atom. The second kappa shape index (κ2) is 9.73. The Balaban J connectivity index is 1.51. The van der Waals surface area contributed by atoms with Gasteiger partial charge in [0.1, 0.15) is 17.4 Å². The Morgan fingerprint density at radius 3 is 2.50 bits per heavy atom. The largest absolute Gasteiger partial charge is 0.361 e. The number of aromatic nitrogens is 3. The molecule has 2 heterocycles. The lowest BCUT2D eigenvalue weighted by Gasteiger charge is -2.34. The van der Waals surface area contributed by atoms with Crippen LogP contribution in [0.25, 0.3) is 22.2 Å². The SMILES string of the molecule is Cc1noc(C)c1-c1ccc2c(c1)nc(C1CCCC(=O)C1c1ccc(F)c(F)c1)n2C1CCC(N)CC1. The lowest BCUT2D eigenvalue weighted by Crippen LogP contribution is -2.31. The molecular weight excluding hydrogens is 486 g/mol. The number of ketones is 1. The smallest absolute Gasteiger partial charge is 0.159 e. The molecule has 0 spiro atoms. The van der Waals surface area contributed by atoms with Gasteiger partial charge in [0.05, 0.1) is 22.6 Å². The van der Waals surface area contributed by atoms with Crippen molar-refractivity contribution in [1.29, 1.82) is 0 Å². The van der Waals surface area contributed by atoms with Crippen molar-refractivity contribution in [1.82, 2.24) is 14.7 Å². The highest BCUT2D eigenvalue weighted by atomic mass is 19.2. The molecular formula is C30H32F2N4O2. The Labute approximate surface area is 220 Å². The van der Waals surface area contributed by atoms with Gasteiger partial charge in [-0.25, -0.2) is 13.8 Å². The number of nitrogens with zero attached hydrogens (tertiary/aromatic N) is 3. The van der Waals surface area contributed by atoms with Crippen LogP contribution in [0.1, 0.15) is 85.7 Å². The monoisotopic (exact) mass is 518 g/mol. The molecule has 8 heteroatoms. The lowest BCUT2D eigenvalue weighted by molar-refractivity contribution is -0.122. The molecule has 38 heavy (non-hydrogen) atoms. The summed E-state index contributed by atoms with van der Waals surface area (Å²) in [6.45, 7) is 3.82. The second-order valence-corrected chi connectivity index (χ2v) is 10.9. The summed E-state index contributed by atoms with van der Waals surface area (Å²) in [5, 5.41) is 4.11. The van der Waals surface area contributed by atoms with E-state index in [-0.39, 0.29) is 23.8 Å². The van der Waals surface area contributed by atoms with Gasteiger partial charge in [-0.15, -0.1) is 0 Å². The van der Waals surface area contributed by atoms with Crippen LogP contribution in [-0.4, -0.2) is 26.5 Å². The molecule has 4 aromatic rings. The quantitative estimate of drug-likeness (QED) is 0.327. The van der Waals surface area contributed by atoms with Crippen molar-refractivity contribution in [3.8, 4) is 11.1 Å². The Kier molecular flexibility index (Phi) is 6.38. The van der Waals surface area contributed by atoms with Crippen LogP contribution in [0.4, 0.5) is 8.78 Å². The summed E-state index contributed by atoms with van der Waals surface area (Å²) < 4.78 is 35.8. The van der Waals surface area contributed by atoms with E-state index in [1.807, 2.05) is 13.8 Å². The fourth-order valence-electron chi connectivity index (χ4n) is 6.62. The molecule has 2 aromatic carbocycles. The van der Waals surface area contributed by atoms with E-state index in [0.717, 1.165) is 84.0 Å². The molecule has 2 aliphatic carbocycles. The zero-order chi connectivity index (χ0) is 26.6. The number of rotatable bonds is 4. The molecule has 2 saturated carbocycles. The number of aryl methyl sites for hydroxylation is 2. The third-order valence-electron chi connectivity index (χ3n) is 8.47. The van der Waals surface area contributed by atoms with Crippen molar-refractivity contribution in [2.45, 2.75) is 82.7 Å². The standard InChI is InChI=1S/C30H32F2N4O2/c1-16-28(17(2)38-35-16)19-7-13-26-25(15-19)34-30(36(26)21-10-8-20(33)9-11-21)22-4-3-5-27(37)29(22)18-6-12-23(31)24(32)14-18/h6-7,12-15,20-22,29H,3-5,8-11,33H2,1-2H3. The molecule has 2 aromatic heterocycles. The molecule has 198 valence electrons.